The molecule has 2 atom stereocenters. The van der Waals surface area contributed by atoms with Crippen molar-refractivity contribution >= 4 is 30.0 Å². The fourth-order valence-corrected chi connectivity index (χ4v) is 5.89. The minimum absolute atomic E-state index is 0.0748. The number of hydrogen-bond donors (Lipinski definition) is 0. The van der Waals surface area contributed by atoms with Crippen molar-refractivity contribution in [3.63, 3.8) is 0 Å². The molecule has 12 heteroatoms. The van der Waals surface area contributed by atoms with Crippen molar-refractivity contribution < 1.29 is 38.2 Å². The molecule has 1 aromatic rings. The molecule has 0 bridgehead atoms. The number of benzene rings is 1. The number of amides is 2. The Balaban J connectivity index is 1.83. The van der Waals surface area contributed by atoms with Crippen LogP contribution in [0.2, 0.25) is 0 Å². The van der Waals surface area contributed by atoms with Gasteiger partial charge in [0, 0.05) is 52.4 Å². The van der Waals surface area contributed by atoms with Crippen LogP contribution in [0.25, 0.3) is 0 Å². The summed E-state index contributed by atoms with van der Waals surface area (Å²) in [6.45, 7) is 20.3. The molecule has 1 saturated heterocycles. The number of fused-ring (bicyclic) bond motifs is 1. The highest BCUT2D eigenvalue weighted by Gasteiger charge is 2.36. The van der Waals surface area contributed by atoms with E-state index in [1.54, 1.807) is 24.3 Å². The lowest BCUT2D eigenvalue weighted by atomic mass is 10.1. The molecule has 2 heterocycles. The van der Waals surface area contributed by atoms with E-state index < -0.39 is 34.9 Å². The van der Waals surface area contributed by atoms with E-state index >= 15 is 0 Å². The number of imide groups is 1. The molecule has 2 aliphatic heterocycles. The first-order valence-electron chi connectivity index (χ1n) is 17.0. The van der Waals surface area contributed by atoms with E-state index in [2.05, 4.69) is 9.80 Å². The molecule has 0 radical (unpaired) electrons. The summed E-state index contributed by atoms with van der Waals surface area (Å²) < 4.78 is 17.5. The molecular weight excluding hydrogens is 616 g/mol. The van der Waals surface area contributed by atoms with Crippen LogP contribution in [-0.2, 0) is 28.6 Å². The highest BCUT2D eigenvalue weighted by Crippen LogP contribution is 2.24. The highest BCUT2D eigenvalue weighted by molar-refractivity contribution is 6.21. The molecule has 268 valence electrons. The Labute approximate surface area is 286 Å². The molecule has 12 nitrogen and oxygen atoms in total. The summed E-state index contributed by atoms with van der Waals surface area (Å²) in [4.78, 5) is 72.1. The van der Waals surface area contributed by atoms with Gasteiger partial charge in [-0.05, 0) is 87.3 Å². The molecule has 2 unspecified atom stereocenters. The Bertz CT molecular complexity index is 1260. The van der Waals surface area contributed by atoms with E-state index in [0.29, 0.717) is 69.8 Å². The second kappa shape index (κ2) is 16.5. The Morgan fingerprint density at radius 3 is 1.81 bits per heavy atom. The molecule has 0 aliphatic carbocycles. The lowest BCUT2D eigenvalue weighted by Crippen LogP contribution is -2.49. The van der Waals surface area contributed by atoms with Gasteiger partial charge in [0.15, 0.2) is 0 Å². The lowest BCUT2D eigenvalue weighted by molar-refractivity contribution is -0.162. The zero-order chi connectivity index (χ0) is 35.9. The van der Waals surface area contributed by atoms with Gasteiger partial charge in [-0.1, -0.05) is 12.1 Å². The maximum absolute atomic E-state index is 13.8. The van der Waals surface area contributed by atoms with E-state index in [1.165, 1.54) is 4.90 Å². The lowest BCUT2D eigenvalue weighted by Gasteiger charge is -2.34. The molecule has 0 saturated carbocycles. The second-order valence-electron chi connectivity index (χ2n) is 15.6. The van der Waals surface area contributed by atoms with Gasteiger partial charge in [-0.3, -0.25) is 38.8 Å². The van der Waals surface area contributed by atoms with Crippen molar-refractivity contribution in [3.8, 4) is 0 Å². The second-order valence-corrected chi connectivity index (χ2v) is 15.6. The van der Waals surface area contributed by atoms with Gasteiger partial charge in [0.2, 0.25) is 0 Å². The quantitative estimate of drug-likeness (QED) is 0.184. The molecular formula is C36H56N4O8. The van der Waals surface area contributed by atoms with Crippen molar-refractivity contribution in [2.75, 3.05) is 58.9 Å². The molecule has 1 aromatic carbocycles. The standard InChI is InChI=1S/C36H56N4O8/c1-34(2,3)46-26(25-41)23-37-17-18-38(24-30(42)47-35(4,5)6)20-22-39(21-19-37)29(33(45)48-36(7,8)9)15-12-16-40-31(43)27-13-10-11-14-28(27)32(40)44/h10-11,13-14,25-26,29H,12,15-24H2,1-9H3. The predicted molar refractivity (Wildman–Crippen MR) is 182 cm³/mol. The van der Waals surface area contributed by atoms with Crippen LogP contribution in [0.5, 0.6) is 0 Å². The Morgan fingerprint density at radius 2 is 1.29 bits per heavy atom. The summed E-state index contributed by atoms with van der Waals surface area (Å²) in [6.07, 6.45) is 0.902. The van der Waals surface area contributed by atoms with E-state index in [-0.39, 0.29) is 30.9 Å². The number of esters is 2. The van der Waals surface area contributed by atoms with Gasteiger partial charge in [0.05, 0.1) is 23.3 Å². The van der Waals surface area contributed by atoms with Crippen LogP contribution in [-0.4, -0.2) is 137 Å². The summed E-state index contributed by atoms with van der Waals surface area (Å²) in [5.74, 6) is -1.40. The SMILES string of the molecule is CC(C)(C)OC(=O)CN1CCN(CC(C=O)OC(C)(C)C)CCN(C(CCCN2C(=O)c3ccccc3C2=O)C(=O)OC(C)(C)C)CC1. The fraction of sp³-hybridized carbons (Fsp3) is 0.694. The van der Waals surface area contributed by atoms with E-state index in [1.807, 2.05) is 67.2 Å². The summed E-state index contributed by atoms with van der Waals surface area (Å²) in [6, 6.07) is 6.10. The van der Waals surface area contributed by atoms with Gasteiger partial charge in [0.25, 0.3) is 11.8 Å². The summed E-state index contributed by atoms with van der Waals surface area (Å²) in [5, 5.41) is 0. The number of nitrogens with zero attached hydrogens (tertiary/aromatic N) is 4. The number of hydrogen-bond acceptors (Lipinski definition) is 11. The molecule has 0 N–H and O–H groups in total. The van der Waals surface area contributed by atoms with Crippen LogP contribution in [0.1, 0.15) is 95.9 Å². The van der Waals surface area contributed by atoms with Crippen LogP contribution < -0.4 is 0 Å². The Hall–Kier alpha value is -3.19. The van der Waals surface area contributed by atoms with Gasteiger partial charge in [0.1, 0.15) is 29.6 Å². The van der Waals surface area contributed by atoms with E-state index in [4.69, 9.17) is 14.2 Å². The first kappa shape index (κ1) is 39.3. The van der Waals surface area contributed by atoms with E-state index in [0.717, 1.165) is 6.29 Å². The third kappa shape index (κ3) is 12.4. The molecule has 0 aromatic heterocycles. The first-order valence-corrected chi connectivity index (χ1v) is 17.0. The summed E-state index contributed by atoms with van der Waals surface area (Å²) >= 11 is 0. The van der Waals surface area contributed by atoms with Crippen LogP contribution in [0.4, 0.5) is 0 Å². The van der Waals surface area contributed by atoms with Crippen molar-refractivity contribution in [1.29, 1.82) is 0 Å². The van der Waals surface area contributed by atoms with Crippen LogP contribution in [0, 0.1) is 0 Å². The number of aldehydes is 1. The third-order valence-electron chi connectivity index (χ3n) is 7.86. The number of ether oxygens (including phenoxy) is 3. The summed E-state index contributed by atoms with van der Waals surface area (Å²) in [5.41, 5.74) is -1.09. The smallest absolute Gasteiger partial charge is 0.323 e. The fourth-order valence-electron chi connectivity index (χ4n) is 5.89. The number of carbonyl (C=O) groups excluding carboxylic acids is 5. The number of carbonyl (C=O) groups is 5. The Kier molecular flexibility index (Phi) is 13.5. The normalized spacial score (nSPS) is 18.8. The average molecular weight is 673 g/mol. The van der Waals surface area contributed by atoms with Gasteiger partial charge in [-0.25, -0.2) is 0 Å². The van der Waals surface area contributed by atoms with Crippen molar-refractivity contribution in [2.24, 2.45) is 0 Å². The zero-order valence-electron chi connectivity index (χ0n) is 30.4. The zero-order valence-corrected chi connectivity index (χ0v) is 30.4. The molecule has 0 spiro atoms. The Morgan fingerprint density at radius 1 is 0.771 bits per heavy atom. The van der Waals surface area contributed by atoms with Crippen LogP contribution in [0.3, 0.4) is 0 Å². The maximum Gasteiger partial charge on any atom is 0.323 e. The molecule has 1 fully saturated rings. The van der Waals surface area contributed by atoms with Gasteiger partial charge >= 0.3 is 11.9 Å². The molecule has 48 heavy (non-hydrogen) atoms. The predicted octanol–water partition coefficient (Wildman–Crippen LogP) is 3.42. The minimum atomic E-state index is -0.728. The van der Waals surface area contributed by atoms with Crippen molar-refractivity contribution in [2.45, 2.75) is 104 Å². The van der Waals surface area contributed by atoms with Crippen molar-refractivity contribution in [3.05, 3.63) is 35.4 Å². The highest BCUT2D eigenvalue weighted by atomic mass is 16.6. The topological polar surface area (TPSA) is 126 Å². The van der Waals surface area contributed by atoms with Gasteiger partial charge < -0.3 is 19.0 Å². The summed E-state index contributed by atoms with van der Waals surface area (Å²) in [7, 11) is 0. The number of rotatable bonds is 12. The third-order valence-corrected chi connectivity index (χ3v) is 7.86. The van der Waals surface area contributed by atoms with E-state index in [9.17, 15) is 24.0 Å². The molecule has 2 aliphatic rings. The molecule has 2 amide bonds. The first-order chi connectivity index (χ1) is 22.3. The van der Waals surface area contributed by atoms with Crippen molar-refractivity contribution in [1.82, 2.24) is 19.6 Å². The monoisotopic (exact) mass is 672 g/mol. The largest absolute Gasteiger partial charge is 0.459 e. The minimum Gasteiger partial charge on any atom is -0.459 e. The van der Waals surface area contributed by atoms with Crippen LogP contribution in [0.15, 0.2) is 24.3 Å². The van der Waals surface area contributed by atoms with Crippen LogP contribution >= 0.6 is 0 Å². The van der Waals surface area contributed by atoms with Gasteiger partial charge in [-0.2, -0.15) is 0 Å². The van der Waals surface area contributed by atoms with Gasteiger partial charge in [-0.15, -0.1) is 0 Å². The average Bonchev–Trinajstić information content (AvgIpc) is 3.24. The maximum atomic E-state index is 13.8. The molecule has 3 rings (SSSR count).